The normalized spacial score (nSPS) is 11.2. The van der Waals surface area contributed by atoms with E-state index in [2.05, 4.69) is 10.3 Å². The van der Waals surface area contributed by atoms with E-state index in [1.165, 1.54) is 18.2 Å². The number of halogens is 3. The van der Waals surface area contributed by atoms with Gasteiger partial charge >= 0.3 is 11.5 Å². The molecule has 0 unspecified atom stereocenters. The number of hydrogen-bond donors (Lipinski definition) is 2. The highest BCUT2D eigenvalue weighted by Gasteiger charge is 2.27. The van der Waals surface area contributed by atoms with Crippen molar-refractivity contribution in [3.63, 3.8) is 0 Å². The van der Waals surface area contributed by atoms with E-state index in [4.69, 9.17) is 5.11 Å². The van der Waals surface area contributed by atoms with Crippen LogP contribution < -0.4 is 5.32 Å². The fraction of sp³-hybridized carbons (Fsp3) is 0.333. The van der Waals surface area contributed by atoms with Crippen molar-refractivity contribution in [3.8, 4) is 0 Å². The third-order valence-electron chi connectivity index (χ3n) is 1.64. The van der Waals surface area contributed by atoms with Crippen molar-refractivity contribution in [1.82, 2.24) is 4.98 Å². The van der Waals surface area contributed by atoms with Gasteiger partial charge in [0.15, 0.2) is 5.69 Å². The van der Waals surface area contributed by atoms with Crippen molar-refractivity contribution in [3.05, 3.63) is 23.9 Å². The molecular weight excluding hydrogens is 257 g/mol. The van der Waals surface area contributed by atoms with Gasteiger partial charge in [0, 0.05) is 12.3 Å². The summed E-state index contributed by atoms with van der Waals surface area (Å²) >= 11 is -0.143. The Hall–Kier alpha value is -1.44. The number of carbonyl (C=O) groups is 1. The average molecular weight is 266 g/mol. The number of thioether (sulfide) groups is 1. The fourth-order valence-electron chi connectivity index (χ4n) is 0.998. The first-order chi connectivity index (χ1) is 7.88. The van der Waals surface area contributed by atoms with Crippen molar-refractivity contribution < 1.29 is 23.1 Å². The van der Waals surface area contributed by atoms with Gasteiger partial charge in [0.2, 0.25) is 0 Å². The Bertz CT molecular complexity index is 398. The molecule has 1 heterocycles. The highest BCUT2D eigenvalue weighted by atomic mass is 32.2. The van der Waals surface area contributed by atoms with Crippen LogP contribution in [-0.2, 0) is 0 Å². The number of hydrogen-bond acceptors (Lipinski definition) is 4. The Morgan fingerprint density at radius 3 is 2.76 bits per heavy atom. The van der Waals surface area contributed by atoms with Crippen molar-refractivity contribution in [2.24, 2.45) is 0 Å². The second-order valence-corrected chi connectivity index (χ2v) is 4.09. The summed E-state index contributed by atoms with van der Waals surface area (Å²) in [6.07, 6.45) is 0. The van der Waals surface area contributed by atoms with E-state index >= 15 is 0 Å². The van der Waals surface area contributed by atoms with Crippen LogP contribution in [0.4, 0.5) is 19.0 Å². The number of pyridine rings is 1. The molecule has 0 saturated carbocycles. The summed E-state index contributed by atoms with van der Waals surface area (Å²) in [6.45, 7) is 0.0558. The lowest BCUT2D eigenvalue weighted by molar-refractivity contribution is -0.0327. The molecule has 4 nitrogen and oxygen atoms in total. The van der Waals surface area contributed by atoms with E-state index in [1.807, 2.05) is 0 Å². The molecule has 0 bridgehead atoms. The van der Waals surface area contributed by atoms with Gasteiger partial charge in [-0.25, -0.2) is 9.78 Å². The molecular formula is C9H9F3N2O2S. The van der Waals surface area contributed by atoms with Gasteiger partial charge in [-0.3, -0.25) is 0 Å². The summed E-state index contributed by atoms with van der Waals surface area (Å²) in [5.74, 6) is -1.10. The van der Waals surface area contributed by atoms with E-state index in [9.17, 15) is 18.0 Å². The molecule has 1 rings (SSSR count). The Balaban J connectivity index is 2.42. The van der Waals surface area contributed by atoms with Gasteiger partial charge in [0.25, 0.3) is 0 Å². The van der Waals surface area contributed by atoms with E-state index in [-0.39, 0.29) is 35.6 Å². The summed E-state index contributed by atoms with van der Waals surface area (Å²) < 4.78 is 35.4. The molecule has 2 N–H and O–H groups in total. The van der Waals surface area contributed by atoms with Gasteiger partial charge in [-0.05, 0) is 23.9 Å². The van der Waals surface area contributed by atoms with Crippen LogP contribution >= 0.6 is 11.8 Å². The quantitative estimate of drug-likeness (QED) is 0.801. The SMILES string of the molecule is O=C(O)c1cccc(NCCSC(F)(F)F)n1. The Kier molecular flexibility index (Phi) is 4.62. The topological polar surface area (TPSA) is 62.2 Å². The molecule has 0 spiro atoms. The average Bonchev–Trinajstić information content (AvgIpc) is 2.23. The minimum Gasteiger partial charge on any atom is -0.477 e. The number of alkyl halides is 3. The number of nitrogens with one attached hydrogen (secondary N) is 1. The van der Waals surface area contributed by atoms with Gasteiger partial charge < -0.3 is 10.4 Å². The maximum absolute atomic E-state index is 11.8. The maximum Gasteiger partial charge on any atom is 0.441 e. The van der Waals surface area contributed by atoms with E-state index < -0.39 is 11.5 Å². The zero-order chi connectivity index (χ0) is 12.9. The van der Waals surface area contributed by atoms with Gasteiger partial charge in [0.1, 0.15) is 5.82 Å². The number of carboxylic acids is 1. The lowest BCUT2D eigenvalue weighted by atomic mass is 10.3. The van der Waals surface area contributed by atoms with Crippen molar-refractivity contribution in [2.45, 2.75) is 5.51 Å². The number of carboxylic acid groups (broad SMARTS) is 1. The maximum atomic E-state index is 11.8. The number of aromatic nitrogens is 1. The van der Waals surface area contributed by atoms with Crippen LogP contribution in [0.5, 0.6) is 0 Å². The second-order valence-electron chi connectivity index (χ2n) is 2.93. The summed E-state index contributed by atoms with van der Waals surface area (Å²) in [5, 5.41) is 11.3. The smallest absolute Gasteiger partial charge is 0.441 e. The van der Waals surface area contributed by atoms with Crippen LogP contribution in [0.1, 0.15) is 10.5 Å². The molecule has 0 atom stereocenters. The summed E-state index contributed by atoms with van der Waals surface area (Å²) in [5.41, 5.74) is -4.41. The molecule has 0 aliphatic heterocycles. The number of aromatic carboxylic acids is 1. The van der Waals surface area contributed by atoms with Crippen LogP contribution in [0.15, 0.2) is 18.2 Å². The molecule has 0 saturated heterocycles. The lowest BCUT2D eigenvalue weighted by Crippen LogP contribution is -2.11. The molecule has 0 fully saturated rings. The van der Waals surface area contributed by atoms with Crippen LogP contribution in [-0.4, -0.2) is 33.9 Å². The minimum absolute atomic E-state index is 0.0558. The number of nitrogens with zero attached hydrogens (tertiary/aromatic N) is 1. The Labute approximate surface area is 99.2 Å². The zero-order valence-corrected chi connectivity index (χ0v) is 9.31. The Morgan fingerprint density at radius 2 is 2.18 bits per heavy atom. The van der Waals surface area contributed by atoms with Crippen LogP contribution in [0.3, 0.4) is 0 Å². The van der Waals surface area contributed by atoms with Crippen LogP contribution in [0.2, 0.25) is 0 Å². The van der Waals surface area contributed by atoms with Crippen LogP contribution in [0.25, 0.3) is 0 Å². The number of anilines is 1. The minimum atomic E-state index is -4.25. The van der Waals surface area contributed by atoms with Gasteiger partial charge in [-0.15, -0.1) is 0 Å². The largest absolute Gasteiger partial charge is 0.477 e. The first-order valence-corrected chi connectivity index (χ1v) is 5.52. The predicted molar refractivity (Wildman–Crippen MR) is 58.2 cm³/mol. The van der Waals surface area contributed by atoms with Crippen molar-refractivity contribution >= 4 is 23.5 Å². The zero-order valence-electron chi connectivity index (χ0n) is 8.49. The summed E-state index contributed by atoms with van der Waals surface area (Å²) in [4.78, 5) is 14.3. The lowest BCUT2D eigenvalue weighted by Gasteiger charge is -2.07. The van der Waals surface area contributed by atoms with Gasteiger partial charge in [-0.2, -0.15) is 13.2 Å². The predicted octanol–water partition coefficient (Wildman–Crippen LogP) is 2.44. The van der Waals surface area contributed by atoms with E-state index in [0.29, 0.717) is 0 Å². The molecule has 0 radical (unpaired) electrons. The highest BCUT2D eigenvalue weighted by molar-refractivity contribution is 8.00. The first-order valence-electron chi connectivity index (χ1n) is 4.53. The van der Waals surface area contributed by atoms with Gasteiger partial charge in [-0.1, -0.05) is 6.07 Å². The molecule has 0 aliphatic rings. The molecule has 17 heavy (non-hydrogen) atoms. The Morgan fingerprint density at radius 1 is 1.47 bits per heavy atom. The molecule has 1 aromatic rings. The molecule has 0 aromatic carbocycles. The highest BCUT2D eigenvalue weighted by Crippen LogP contribution is 2.29. The van der Waals surface area contributed by atoms with Gasteiger partial charge in [0.05, 0.1) is 0 Å². The van der Waals surface area contributed by atoms with Crippen molar-refractivity contribution in [2.75, 3.05) is 17.6 Å². The van der Waals surface area contributed by atoms with Crippen LogP contribution in [0, 0.1) is 0 Å². The molecule has 0 aliphatic carbocycles. The summed E-state index contributed by atoms with van der Waals surface area (Å²) in [7, 11) is 0. The van der Waals surface area contributed by atoms with E-state index in [1.54, 1.807) is 0 Å². The number of rotatable bonds is 5. The fourth-order valence-corrected chi connectivity index (χ4v) is 1.43. The second kappa shape index (κ2) is 5.76. The third kappa shape index (κ3) is 5.43. The first kappa shape index (κ1) is 13.6. The molecule has 94 valence electrons. The van der Waals surface area contributed by atoms with E-state index in [0.717, 1.165) is 0 Å². The standard InChI is InChI=1S/C9H9F3N2O2S/c10-9(11,12)17-5-4-13-7-3-1-2-6(14-7)8(15)16/h1-3H,4-5H2,(H,13,14)(H,15,16). The molecule has 1 aromatic heterocycles. The third-order valence-corrected chi connectivity index (χ3v) is 2.38. The molecule has 8 heteroatoms. The monoisotopic (exact) mass is 266 g/mol. The van der Waals surface area contributed by atoms with Crippen molar-refractivity contribution in [1.29, 1.82) is 0 Å². The summed E-state index contributed by atoms with van der Waals surface area (Å²) in [6, 6.07) is 4.26. The molecule has 0 amide bonds.